The molecule has 0 aromatic carbocycles. The number of hydrogen-bond donors (Lipinski definition) is 1. The van der Waals surface area contributed by atoms with Crippen molar-refractivity contribution in [3.8, 4) is 0 Å². The number of pyridine rings is 1. The number of aryl methyl sites for hydroxylation is 1. The fraction of sp³-hybridized carbons (Fsp3) is 0.125. The SMILES string of the molecule is Cn1cc2c(c(Cl)c1=O)C(=O)NC2=O. The van der Waals surface area contributed by atoms with Gasteiger partial charge in [0.15, 0.2) is 0 Å². The third kappa shape index (κ3) is 0.990. The lowest BCUT2D eigenvalue weighted by atomic mass is 10.2. The van der Waals surface area contributed by atoms with Crippen LogP contribution in [-0.4, -0.2) is 16.4 Å². The van der Waals surface area contributed by atoms with E-state index in [-0.39, 0.29) is 16.1 Å². The normalized spacial score (nSPS) is 14.1. The molecule has 6 heteroatoms. The number of aromatic nitrogens is 1. The summed E-state index contributed by atoms with van der Waals surface area (Å²) in [6, 6.07) is 0. The summed E-state index contributed by atoms with van der Waals surface area (Å²) in [5.74, 6) is -1.14. The molecule has 14 heavy (non-hydrogen) atoms. The number of carbonyl (C=O) groups is 2. The van der Waals surface area contributed by atoms with Crippen LogP contribution in [-0.2, 0) is 7.05 Å². The van der Waals surface area contributed by atoms with Gasteiger partial charge in [0, 0.05) is 13.2 Å². The first-order valence-corrected chi connectivity index (χ1v) is 4.15. The van der Waals surface area contributed by atoms with Crippen LogP contribution in [0.4, 0.5) is 0 Å². The van der Waals surface area contributed by atoms with Crippen LogP contribution in [0.5, 0.6) is 0 Å². The highest BCUT2D eigenvalue weighted by Crippen LogP contribution is 2.20. The molecule has 1 aliphatic rings. The molecule has 2 rings (SSSR count). The number of amides is 2. The van der Waals surface area contributed by atoms with Crippen molar-refractivity contribution in [2.24, 2.45) is 7.05 Å². The zero-order valence-electron chi connectivity index (χ0n) is 7.13. The van der Waals surface area contributed by atoms with E-state index in [1.807, 2.05) is 0 Å². The van der Waals surface area contributed by atoms with Gasteiger partial charge in [0.1, 0.15) is 5.02 Å². The summed E-state index contributed by atoms with van der Waals surface area (Å²) in [6.07, 6.45) is 1.30. The Bertz CT molecular complexity index is 518. The van der Waals surface area contributed by atoms with Gasteiger partial charge in [-0.15, -0.1) is 0 Å². The molecule has 0 saturated heterocycles. The van der Waals surface area contributed by atoms with Crippen molar-refractivity contribution in [3.63, 3.8) is 0 Å². The van der Waals surface area contributed by atoms with Gasteiger partial charge < -0.3 is 4.57 Å². The summed E-state index contributed by atoms with van der Waals surface area (Å²) in [5.41, 5.74) is -0.378. The number of carbonyl (C=O) groups excluding carboxylic acids is 2. The topological polar surface area (TPSA) is 68.2 Å². The highest BCUT2D eigenvalue weighted by molar-refractivity contribution is 6.37. The third-order valence-electron chi connectivity index (χ3n) is 2.02. The number of nitrogens with zero attached hydrogens (tertiary/aromatic N) is 1. The summed E-state index contributed by atoms with van der Waals surface area (Å²) in [6.45, 7) is 0. The highest BCUT2D eigenvalue weighted by Gasteiger charge is 2.31. The Balaban J connectivity index is 2.89. The minimum atomic E-state index is -0.618. The first-order chi connectivity index (χ1) is 6.52. The van der Waals surface area contributed by atoms with Gasteiger partial charge in [-0.3, -0.25) is 19.7 Å². The molecule has 1 aromatic rings. The molecule has 1 aliphatic heterocycles. The van der Waals surface area contributed by atoms with Crippen LogP contribution in [0.25, 0.3) is 0 Å². The van der Waals surface area contributed by atoms with Gasteiger partial charge in [-0.25, -0.2) is 0 Å². The average Bonchev–Trinajstić information content (AvgIpc) is 2.38. The number of hydrogen-bond acceptors (Lipinski definition) is 3. The smallest absolute Gasteiger partial charge is 0.269 e. The number of rotatable bonds is 0. The summed E-state index contributed by atoms with van der Waals surface area (Å²) in [4.78, 5) is 33.7. The lowest BCUT2D eigenvalue weighted by Crippen LogP contribution is -2.20. The summed E-state index contributed by atoms with van der Waals surface area (Å²) in [5, 5.41) is 1.85. The van der Waals surface area contributed by atoms with Crippen LogP contribution in [0.1, 0.15) is 20.7 Å². The Morgan fingerprint density at radius 2 is 1.93 bits per heavy atom. The predicted molar refractivity (Wildman–Crippen MR) is 48.5 cm³/mol. The van der Waals surface area contributed by atoms with Gasteiger partial charge >= 0.3 is 0 Å². The minimum Gasteiger partial charge on any atom is -0.316 e. The van der Waals surface area contributed by atoms with Gasteiger partial charge in [0.25, 0.3) is 17.4 Å². The van der Waals surface area contributed by atoms with Crippen molar-refractivity contribution in [1.82, 2.24) is 9.88 Å². The Hall–Kier alpha value is -1.62. The van der Waals surface area contributed by atoms with E-state index in [4.69, 9.17) is 11.6 Å². The van der Waals surface area contributed by atoms with E-state index in [0.29, 0.717) is 0 Å². The van der Waals surface area contributed by atoms with E-state index in [2.05, 4.69) is 5.32 Å². The molecule has 0 radical (unpaired) electrons. The molecule has 72 valence electrons. The first kappa shape index (κ1) is 8.96. The van der Waals surface area contributed by atoms with Gasteiger partial charge in [-0.2, -0.15) is 0 Å². The maximum absolute atomic E-state index is 11.3. The second-order valence-electron chi connectivity index (χ2n) is 2.93. The molecule has 0 unspecified atom stereocenters. The summed E-state index contributed by atoms with van der Waals surface area (Å²) < 4.78 is 1.17. The zero-order valence-corrected chi connectivity index (χ0v) is 7.88. The van der Waals surface area contributed by atoms with Gasteiger partial charge in [0.2, 0.25) is 0 Å². The standard InChI is InChI=1S/C8H5ClN2O3/c1-11-2-3-4(5(9)8(11)14)7(13)10-6(3)12/h2H,1H3,(H,10,12,13). The molecule has 0 bridgehead atoms. The van der Waals surface area contributed by atoms with Crippen molar-refractivity contribution in [3.05, 3.63) is 32.7 Å². The monoisotopic (exact) mass is 212 g/mol. The molecule has 1 N–H and O–H groups in total. The highest BCUT2D eigenvalue weighted by atomic mass is 35.5. The van der Waals surface area contributed by atoms with Gasteiger partial charge in [-0.1, -0.05) is 11.6 Å². The van der Waals surface area contributed by atoms with Crippen LogP contribution >= 0.6 is 11.6 Å². The molecule has 0 fully saturated rings. The van der Waals surface area contributed by atoms with Crippen LogP contribution in [0.2, 0.25) is 5.02 Å². The maximum atomic E-state index is 11.3. The summed E-state index contributed by atoms with van der Waals surface area (Å²) >= 11 is 5.66. The Labute approximate surface area is 83.3 Å². The van der Waals surface area contributed by atoms with Crippen molar-refractivity contribution < 1.29 is 9.59 Å². The third-order valence-corrected chi connectivity index (χ3v) is 2.37. The minimum absolute atomic E-state index is 0.0280. The van der Waals surface area contributed by atoms with Crippen LogP contribution in [0, 0.1) is 0 Å². The van der Waals surface area contributed by atoms with Crippen molar-refractivity contribution in [2.75, 3.05) is 0 Å². The van der Waals surface area contributed by atoms with Gasteiger partial charge in [-0.05, 0) is 0 Å². The second kappa shape index (κ2) is 2.68. The number of nitrogens with one attached hydrogen (secondary N) is 1. The number of halogens is 1. The van der Waals surface area contributed by atoms with E-state index in [1.54, 1.807) is 0 Å². The lowest BCUT2D eigenvalue weighted by Gasteiger charge is -2.01. The van der Waals surface area contributed by atoms with Crippen LogP contribution < -0.4 is 10.9 Å². The van der Waals surface area contributed by atoms with Gasteiger partial charge in [0.05, 0.1) is 11.1 Å². The Morgan fingerprint density at radius 1 is 1.29 bits per heavy atom. The van der Waals surface area contributed by atoms with E-state index < -0.39 is 17.4 Å². The Kier molecular flexibility index (Phi) is 1.72. The van der Waals surface area contributed by atoms with E-state index in [1.165, 1.54) is 17.8 Å². The molecule has 0 atom stereocenters. The largest absolute Gasteiger partial charge is 0.316 e. The molecular weight excluding hydrogens is 208 g/mol. The second-order valence-corrected chi connectivity index (χ2v) is 3.31. The summed E-state index contributed by atoms with van der Waals surface area (Å²) in [7, 11) is 1.46. The molecule has 5 nitrogen and oxygen atoms in total. The predicted octanol–water partition coefficient (Wildman–Crippen LogP) is -0.0777. The first-order valence-electron chi connectivity index (χ1n) is 3.77. The van der Waals surface area contributed by atoms with E-state index >= 15 is 0 Å². The maximum Gasteiger partial charge on any atom is 0.269 e. The Morgan fingerprint density at radius 3 is 2.57 bits per heavy atom. The molecular formula is C8H5ClN2O3. The molecule has 2 amide bonds. The molecule has 2 heterocycles. The quantitative estimate of drug-likeness (QED) is 0.612. The molecule has 0 aliphatic carbocycles. The van der Waals surface area contributed by atoms with E-state index in [9.17, 15) is 14.4 Å². The average molecular weight is 213 g/mol. The number of imide groups is 1. The van der Waals surface area contributed by atoms with Crippen molar-refractivity contribution in [1.29, 1.82) is 0 Å². The van der Waals surface area contributed by atoms with E-state index in [0.717, 1.165) is 0 Å². The zero-order chi connectivity index (χ0) is 10.5. The van der Waals surface area contributed by atoms with Crippen LogP contribution in [0.15, 0.2) is 11.0 Å². The molecule has 0 spiro atoms. The van der Waals surface area contributed by atoms with Crippen molar-refractivity contribution in [2.45, 2.75) is 0 Å². The van der Waals surface area contributed by atoms with Crippen molar-refractivity contribution >= 4 is 23.4 Å². The fourth-order valence-electron chi connectivity index (χ4n) is 1.32. The molecule has 1 aromatic heterocycles. The lowest BCUT2D eigenvalue weighted by molar-refractivity contribution is 0.0879. The van der Waals surface area contributed by atoms with Crippen LogP contribution in [0.3, 0.4) is 0 Å². The fourth-order valence-corrected chi connectivity index (χ4v) is 1.64. The molecule has 0 saturated carbocycles. The number of fused-ring (bicyclic) bond motifs is 1.